The van der Waals surface area contributed by atoms with Crippen molar-refractivity contribution in [2.45, 2.75) is 26.8 Å². The van der Waals surface area contributed by atoms with Gasteiger partial charge in [-0.3, -0.25) is 9.69 Å². The molecule has 0 unspecified atom stereocenters. The van der Waals surface area contributed by atoms with Crippen LogP contribution in [0.25, 0.3) is 6.08 Å². The zero-order chi connectivity index (χ0) is 17.1. The molecular formula is C20H20N2O2. The number of benzene rings is 2. The maximum atomic E-state index is 12.5. The summed E-state index contributed by atoms with van der Waals surface area (Å²) in [4.78, 5) is 25.9. The van der Waals surface area contributed by atoms with Gasteiger partial charge in [0, 0.05) is 0 Å². The fourth-order valence-corrected chi connectivity index (χ4v) is 2.72. The summed E-state index contributed by atoms with van der Waals surface area (Å²) < 4.78 is 0. The number of amides is 3. The first-order valence-electron chi connectivity index (χ1n) is 8.06. The molecule has 1 aliphatic heterocycles. The lowest BCUT2D eigenvalue weighted by Crippen LogP contribution is -2.30. The number of aryl methyl sites for hydroxylation is 2. The van der Waals surface area contributed by atoms with Crippen molar-refractivity contribution < 1.29 is 9.59 Å². The number of nitrogens with one attached hydrogen (secondary N) is 1. The van der Waals surface area contributed by atoms with Crippen LogP contribution in [0, 0.1) is 6.92 Å². The molecule has 0 radical (unpaired) electrons. The number of hydrogen-bond donors (Lipinski definition) is 1. The molecular weight excluding hydrogens is 300 g/mol. The zero-order valence-corrected chi connectivity index (χ0v) is 13.9. The zero-order valence-electron chi connectivity index (χ0n) is 13.9. The fraction of sp³-hybridized carbons (Fsp3) is 0.200. The Kier molecular flexibility index (Phi) is 4.47. The van der Waals surface area contributed by atoms with Crippen LogP contribution >= 0.6 is 0 Å². The van der Waals surface area contributed by atoms with Gasteiger partial charge in [-0.05, 0) is 36.1 Å². The second-order valence-corrected chi connectivity index (χ2v) is 5.96. The first-order valence-corrected chi connectivity index (χ1v) is 8.06. The van der Waals surface area contributed by atoms with Crippen LogP contribution in [0.3, 0.4) is 0 Å². The molecule has 0 aliphatic carbocycles. The van der Waals surface area contributed by atoms with Gasteiger partial charge in [-0.25, -0.2) is 4.79 Å². The normalized spacial score (nSPS) is 15.9. The molecule has 3 rings (SSSR count). The highest BCUT2D eigenvalue weighted by Crippen LogP contribution is 2.18. The molecule has 24 heavy (non-hydrogen) atoms. The van der Waals surface area contributed by atoms with Gasteiger partial charge < -0.3 is 5.32 Å². The van der Waals surface area contributed by atoms with Gasteiger partial charge in [0.2, 0.25) is 0 Å². The Morgan fingerprint density at radius 2 is 1.79 bits per heavy atom. The summed E-state index contributed by atoms with van der Waals surface area (Å²) >= 11 is 0. The van der Waals surface area contributed by atoms with E-state index in [-0.39, 0.29) is 18.5 Å². The third-order valence-electron chi connectivity index (χ3n) is 4.08. The Hall–Kier alpha value is -2.88. The molecule has 0 atom stereocenters. The summed E-state index contributed by atoms with van der Waals surface area (Å²) in [6, 6.07) is 15.4. The molecule has 1 aliphatic rings. The quantitative estimate of drug-likeness (QED) is 0.690. The van der Waals surface area contributed by atoms with E-state index >= 15 is 0 Å². The summed E-state index contributed by atoms with van der Waals surface area (Å²) in [6.45, 7) is 4.36. The molecule has 122 valence electrons. The van der Waals surface area contributed by atoms with Crippen molar-refractivity contribution in [3.05, 3.63) is 76.5 Å². The average Bonchev–Trinajstić information content (AvgIpc) is 2.83. The van der Waals surface area contributed by atoms with E-state index < -0.39 is 0 Å². The minimum absolute atomic E-state index is 0.276. The fourth-order valence-electron chi connectivity index (χ4n) is 2.72. The second kappa shape index (κ2) is 6.71. The van der Waals surface area contributed by atoms with Crippen molar-refractivity contribution in [2.24, 2.45) is 0 Å². The van der Waals surface area contributed by atoms with Crippen LogP contribution in [0.1, 0.15) is 29.2 Å². The van der Waals surface area contributed by atoms with Gasteiger partial charge in [0.05, 0.1) is 6.54 Å². The summed E-state index contributed by atoms with van der Waals surface area (Å²) in [7, 11) is 0. The largest absolute Gasteiger partial charge is 0.329 e. The first kappa shape index (κ1) is 16.0. The van der Waals surface area contributed by atoms with Gasteiger partial charge in [0.15, 0.2) is 0 Å². The van der Waals surface area contributed by atoms with E-state index in [1.807, 2.05) is 55.5 Å². The maximum absolute atomic E-state index is 12.5. The molecule has 4 heteroatoms. The molecule has 1 fully saturated rings. The highest BCUT2D eigenvalue weighted by atomic mass is 16.2. The first-order chi connectivity index (χ1) is 11.6. The lowest BCUT2D eigenvalue weighted by atomic mass is 10.1. The van der Waals surface area contributed by atoms with Crippen molar-refractivity contribution >= 4 is 18.0 Å². The number of imide groups is 1. The standard InChI is InChI=1S/C20H20N2O2/c1-3-15-7-9-16(10-8-15)12-18-19(23)22(20(24)21-18)13-17-6-4-5-14(2)11-17/h4-12H,3,13H2,1-2H3,(H,21,24)/b18-12+. The van der Waals surface area contributed by atoms with E-state index in [0.717, 1.165) is 23.1 Å². The van der Waals surface area contributed by atoms with Crippen molar-refractivity contribution in [1.82, 2.24) is 10.2 Å². The molecule has 0 aromatic heterocycles. The number of nitrogens with zero attached hydrogens (tertiary/aromatic N) is 1. The smallest absolute Gasteiger partial charge is 0.303 e. The lowest BCUT2D eigenvalue weighted by molar-refractivity contribution is -0.123. The monoisotopic (exact) mass is 320 g/mol. The Bertz CT molecular complexity index is 807. The molecule has 3 amide bonds. The van der Waals surface area contributed by atoms with Gasteiger partial charge in [0.25, 0.3) is 5.91 Å². The van der Waals surface area contributed by atoms with Crippen LogP contribution in [-0.4, -0.2) is 16.8 Å². The Morgan fingerprint density at radius 3 is 2.46 bits per heavy atom. The minimum atomic E-state index is -0.377. The van der Waals surface area contributed by atoms with Gasteiger partial charge in [-0.15, -0.1) is 0 Å². The van der Waals surface area contributed by atoms with E-state index in [9.17, 15) is 9.59 Å². The van der Waals surface area contributed by atoms with Crippen molar-refractivity contribution in [2.75, 3.05) is 0 Å². The summed E-state index contributed by atoms with van der Waals surface area (Å²) in [5.74, 6) is -0.291. The molecule has 1 heterocycles. The predicted octanol–water partition coefficient (Wildman–Crippen LogP) is 3.65. The second-order valence-electron chi connectivity index (χ2n) is 5.96. The molecule has 2 aromatic carbocycles. The van der Waals surface area contributed by atoms with Gasteiger partial charge in [-0.1, -0.05) is 61.0 Å². The van der Waals surface area contributed by atoms with Crippen LogP contribution in [0.2, 0.25) is 0 Å². The van der Waals surface area contributed by atoms with E-state index in [2.05, 4.69) is 12.2 Å². The summed E-state index contributed by atoms with van der Waals surface area (Å²) in [5.41, 5.74) is 4.49. The Labute approximate surface area is 141 Å². The molecule has 2 aromatic rings. The van der Waals surface area contributed by atoms with Crippen LogP contribution < -0.4 is 5.32 Å². The predicted molar refractivity (Wildman–Crippen MR) is 94.1 cm³/mol. The average molecular weight is 320 g/mol. The topological polar surface area (TPSA) is 49.4 Å². The van der Waals surface area contributed by atoms with Gasteiger partial charge in [0.1, 0.15) is 5.70 Å². The highest BCUT2D eigenvalue weighted by Gasteiger charge is 2.33. The number of rotatable bonds is 4. The summed E-state index contributed by atoms with van der Waals surface area (Å²) in [5, 5.41) is 2.66. The number of hydrogen-bond acceptors (Lipinski definition) is 2. The molecule has 0 spiro atoms. The Balaban J connectivity index is 1.79. The molecule has 1 saturated heterocycles. The molecule has 0 bridgehead atoms. The van der Waals surface area contributed by atoms with Gasteiger partial charge >= 0.3 is 6.03 Å². The number of carbonyl (C=O) groups excluding carboxylic acids is 2. The van der Waals surface area contributed by atoms with E-state index in [1.165, 1.54) is 10.5 Å². The maximum Gasteiger partial charge on any atom is 0.329 e. The van der Waals surface area contributed by atoms with Crippen LogP contribution in [0.15, 0.2) is 54.2 Å². The molecule has 4 nitrogen and oxygen atoms in total. The van der Waals surface area contributed by atoms with Crippen molar-refractivity contribution in [1.29, 1.82) is 0 Å². The third kappa shape index (κ3) is 3.38. The lowest BCUT2D eigenvalue weighted by Gasteiger charge is -2.12. The highest BCUT2D eigenvalue weighted by molar-refractivity contribution is 6.13. The van der Waals surface area contributed by atoms with Crippen molar-refractivity contribution in [3.63, 3.8) is 0 Å². The Morgan fingerprint density at radius 1 is 1.04 bits per heavy atom. The van der Waals surface area contributed by atoms with Crippen LogP contribution in [-0.2, 0) is 17.8 Å². The summed E-state index contributed by atoms with van der Waals surface area (Å²) in [6.07, 6.45) is 2.69. The molecule has 1 N–H and O–H groups in total. The minimum Gasteiger partial charge on any atom is -0.303 e. The van der Waals surface area contributed by atoms with Crippen LogP contribution in [0.5, 0.6) is 0 Å². The van der Waals surface area contributed by atoms with Crippen LogP contribution in [0.4, 0.5) is 4.79 Å². The number of urea groups is 1. The molecule has 0 saturated carbocycles. The van der Waals surface area contributed by atoms with E-state index in [1.54, 1.807) is 6.08 Å². The number of carbonyl (C=O) groups is 2. The third-order valence-corrected chi connectivity index (χ3v) is 4.08. The van der Waals surface area contributed by atoms with E-state index in [4.69, 9.17) is 0 Å². The van der Waals surface area contributed by atoms with Crippen molar-refractivity contribution in [3.8, 4) is 0 Å². The van der Waals surface area contributed by atoms with E-state index in [0.29, 0.717) is 5.70 Å². The SMILES string of the molecule is CCc1ccc(/C=C2/NC(=O)N(Cc3cccc(C)c3)C2=O)cc1. The van der Waals surface area contributed by atoms with Gasteiger partial charge in [-0.2, -0.15) is 0 Å².